The molecule has 0 aromatic carbocycles. The molecule has 1 atom stereocenters. The zero-order valence-corrected chi connectivity index (χ0v) is 2.96. The third-order valence-electron chi connectivity index (χ3n) is 0. The summed E-state index contributed by atoms with van der Waals surface area (Å²) < 4.78 is 8.17. The van der Waals surface area contributed by atoms with E-state index in [1.54, 1.807) is 0 Å². The van der Waals surface area contributed by atoms with Crippen LogP contribution < -0.4 is 0 Å². The predicted molar refractivity (Wildman–Crippen MR) is 15.4 cm³/mol. The molecule has 0 aliphatic carbocycles. The lowest BCUT2D eigenvalue weighted by molar-refractivity contribution is 0.607. The molecule has 0 saturated heterocycles. The quantitative estimate of drug-likeness (QED) is 0.395. The van der Waals surface area contributed by atoms with Gasteiger partial charge in [-0.15, -0.1) is 0 Å². The standard InChI is InChI=1S/2FH.H2OP/c;;1-2/h2*1H;2H2/q;;+1. The fourth-order valence-corrected chi connectivity index (χ4v) is 0. The summed E-state index contributed by atoms with van der Waals surface area (Å²) >= 11 is 0. The molecule has 0 radical (unpaired) electrons. The Bertz CT molecular complexity index is 6.00. The van der Waals surface area contributed by atoms with Crippen LogP contribution in [0.4, 0.5) is 9.41 Å². The van der Waals surface area contributed by atoms with E-state index in [1.165, 1.54) is 9.12 Å². The fraction of sp³-hybridized carbons (Fsp3) is 0. The number of hydrogen-bond donors (Lipinski definition) is 0. The van der Waals surface area contributed by atoms with Crippen LogP contribution in [0.2, 0.25) is 0 Å². The molecule has 0 aliphatic heterocycles. The van der Waals surface area contributed by atoms with Crippen molar-refractivity contribution in [1.82, 2.24) is 0 Å². The summed E-state index contributed by atoms with van der Waals surface area (Å²) in [6.45, 7) is 0. The summed E-state index contributed by atoms with van der Waals surface area (Å²) in [7, 11) is 1.17. The summed E-state index contributed by atoms with van der Waals surface area (Å²) in [5, 5.41) is 0. The monoisotopic (exact) mass is 89.0 g/mol. The molecule has 28 valence electrons. The topological polar surface area (TPSA) is 17.1 Å². The van der Waals surface area contributed by atoms with Crippen LogP contribution in [0.5, 0.6) is 0 Å². The van der Waals surface area contributed by atoms with E-state index < -0.39 is 0 Å². The van der Waals surface area contributed by atoms with E-state index in [4.69, 9.17) is 4.57 Å². The van der Waals surface area contributed by atoms with Gasteiger partial charge in [-0.25, -0.2) is 0 Å². The highest BCUT2D eigenvalue weighted by Crippen LogP contribution is 1.23. The Labute approximate surface area is 24.4 Å². The van der Waals surface area contributed by atoms with E-state index in [1.807, 2.05) is 0 Å². The molecule has 1 nitrogen and oxygen atoms in total. The molecule has 0 aliphatic rings. The molecule has 4 heteroatoms. The van der Waals surface area contributed by atoms with E-state index in [0.29, 0.717) is 0 Å². The highest BCUT2D eigenvalue weighted by Gasteiger charge is 0.849. The lowest BCUT2D eigenvalue weighted by atomic mass is 16.0. The van der Waals surface area contributed by atoms with Crippen LogP contribution in [0.1, 0.15) is 0 Å². The molecule has 0 bridgehead atoms. The minimum atomic E-state index is 0. The molecule has 0 amide bonds. The summed E-state index contributed by atoms with van der Waals surface area (Å²) in [6.07, 6.45) is 0. The Morgan fingerprint density at radius 3 is 1.00 bits per heavy atom. The number of hydrogen-bond acceptors (Lipinski definition) is 1. The van der Waals surface area contributed by atoms with Crippen LogP contribution in [-0.4, -0.2) is 0 Å². The van der Waals surface area contributed by atoms with Crippen molar-refractivity contribution < 1.29 is 14.0 Å². The van der Waals surface area contributed by atoms with Gasteiger partial charge in [-0.3, -0.25) is 9.41 Å². The van der Waals surface area contributed by atoms with Crippen molar-refractivity contribution in [2.24, 2.45) is 0 Å². The van der Waals surface area contributed by atoms with Gasteiger partial charge in [0.15, 0.2) is 0 Å². The van der Waals surface area contributed by atoms with E-state index in [0.717, 1.165) is 0 Å². The van der Waals surface area contributed by atoms with Gasteiger partial charge in [0.25, 0.3) is 0 Å². The Balaban J connectivity index is -0.00000000500. The lowest BCUT2D eigenvalue weighted by Gasteiger charge is -0.618. The normalized spacial score (nSPS) is 1.00. The molecule has 0 rings (SSSR count). The smallest absolute Gasteiger partial charge is 0.269 e. The molecule has 0 aromatic rings. The fourth-order valence-electron chi connectivity index (χ4n) is 0. The first-order chi connectivity index (χ1) is 1.00. The highest BCUT2D eigenvalue weighted by molar-refractivity contribution is 7.00. The third-order valence-corrected chi connectivity index (χ3v) is 0. The predicted octanol–water partition coefficient (Wildman–Crippen LogP) is 0.512. The number of rotatable bonds is 0. The first-order valence-electron chi connectivity index (χ1n) is 0.236. The van der Waals surface area contributed by atoms with Crippen molar-refractivity contribution in [1.29, 1.82) is 0 Å². The lowest BCUT2D eigenvalue weighted by Crippen LogP contribution is -0.489. The average Bonchev–Trinajstić information content (AvgIpc) is 1.00. The zero-order valence-electron chi connectivity index (χ0n) is 1.80. The average molecular weight is 89.0 g/mol. The molecule has 0 spiro atoms. The van der Waals surface area contributed by atoms with Gasteiger partial charge in [0.1, 0.15) is 0 Å². The largest absolute Gasteiger partial charge is 0.310 e. The second-order valence-electron chi connectivity index (χ2n) is 0. The third kappa shape index (κ3) is 1130. The van der Waals surface area contributed by atoms with E-state index in [2.05, 4.69) is 0 Å². The van der Waals surface area contributed by atoms with Crippen molar-refractivity contribution in [2.75, 3.05) is 0 Å². The van der Waals surface area contributed by atoms with Crippen molar-refractivity contribution >= 4 is 9.12 Å². The molecular formula is H4F2OP+. The summed E-state index contributed by atoms with van der Waals surface area (Å²) in [5.74, 6) is 0. The van der Waals surface area contributed by atoms with Crippen molar-refractivity contribution in [2.45, 2.75) is 0 Å². The minimum absolute atomic E-state index is 0. The van der Waals surface area contributed by atoms with Gasteiger partial charge >= 0.3 is 9.12 Å². The molecule has 0 aromatic heterocycles. The molecule has 0 heterocycles. The van der Waals surface area contributed by atoms with Gasteiger partial charge in [0, 0.05) is 0 Å². The molecule has 0 fully saturated rings. The molecule has 4 heavy (non-hydrogen) atoms. The van der Waals surface area contributed by atoms with Crippen molar-refractivity contribution in [3.63, 3.8) is 0 Å². The second kappa shape index (κ2) is 7110. The van der Waals surface area contributed by atoms with Gasteiger partial charge in [0.05, 0.1) is 0 Å². The SMILES string of the molecule is F.F.O=[PH2+]. The van der Waals surface area contributed by atoms with Gasteiger partial charge < -0.3 is 0 Å². The van der Waals surface area contributed by atoms with Crippen LogP contribution in [0.15, 0.2) is 0 Å². The Morgan fingerprint density at radius 2 is 1.00 bits per heavy atom. The van der Waals surface area contributed by atoms with E-state index >= 15 is 0 Å². The van der Waals surface area contributed by atoms with Gasteiger partial charge in [-0.1, -0.05) is 4.57 Å². The van der Waals surface area contributed by atoms with Crippen LogP contribution in [-0.2, 0) is 4.57 Å². The van der Waals surface area contributed by atoms with Crippen molar-refractivity contribution in [3.8, 4) is 0 Å². The molecule has 0 saturated carbocycles. The summed E-state index contributed by atoms with van der Waals surface area (Å²) in [5.41, 5.74) is 0. The maximum absolute atomic E-state index is 8.17. The maximum atomic E-state index is 8.17. The maximum Gasteiger partial charge on any atom is 0.310 e. The highest BCUT2D eigenvalue weighted by atomic mass is 31.0. The summed E-state index contributed by atoms with van der Waals surface area (Å²) in [4.78, 5) is 0. The van der Waals surface area contributed by atoms with Crippen molar-refractivity contribution in [3.05, 3.63) is 0 Å². The molecule has 1 unspecified atom stereocenters. The Hall–Kier alpha value is -0.0400. The van der Waals surface area contributed by atoms with Gasteiger partial charge in [-0.05, 0) is 0 Å². The van der Waals surface area contributed by atoms with Crippen LogP contribution in [0.25, 0.3) is 0 Å². The Morgan fingerprint density at radius 1 is 1.00 bits per heavy atom. The van der Waals surface area contributed by atoms with Gasteiger partial charge in [0.2, 0.25) is 0 Å². The zero-order chi connectivity index (χ0) is 2.00. The molecule has 0 N–H and O–H groups in total. The Kier molecular flexibility index (Phi) is 66900. The van der Waals surface area contributed by atoms with Crippen LogP contribution in [0.3, 0.4) is 0 Å². The van der Waals surface area contributed by atoms with Gasteiger partial charge in [-0.2, -0.15) is 0 Å². The molecular weight excluding hydrogens is 85.0 g/mol. The second-order valence-corrected chi connectivity index (χ2v) is 0. The van der Waals surface area contributed by atoms with E-state index in [-0.39, 0.29) is 9.41 Å². The van der Waals surface area contributed by atoms with Crippen LogP contribution in [0, 0.1) is 0 Å². The number of halogens is 2. The summed E-state index contributed by atoms with van der Waals surface area (Å²) in [6, 6.07) is 0. The first kappa shape index (κ1) is 37.6. The van der Waals surface area contributed by atoms with E-state index in [9.17, 15) is 0 Å². The van der Waals surface area contributed by atoms with Crippen LogP contribution >= 0.6 is 9.12 Å². The minimum Gasteiger partial charge on any atom is -0.269 e. The first-order valence-corrected chi connectivity index (χ1v) is 0.707.